The molecule has 1 aromatic heterocycles. The number of piperazine rings is 1. The molecule has 6 nitrogen and oxygen atoms in total. The lowest BCUT2D eigenvalue weighted by atomic mass is 10.1. The van der Waals surface area contributed by atoms with E-state index in [2.05, 4.69) is 15.1 Å². The maximum atomic E-state index is 12.5. The van der Waals surface area contributed by atoms with E-state index in [4.69, 9.17) is 5.73 Å². The number of carbonyl (C=O) groups excluding carboxylic acids is 1. The minimum atomic E-state index is -0.486. The Morgan fingerprint density at radius 3 is 2.32 bits per heavy atom. The van der Waals surface area contributed by atoms with Crippen LogP contribution >= 0.6 is 24.8 Å². The van der Waals surface area contributed by atoms with Crippen molar-refractivity contribution in [3.63, 3.8) is 0 Å². The van der Waals surface area contributed by atoms with Gasteiger partial charge in [0.05, 0.1) is 6.04 Å². The molecule has 1 fully saturated rings. The monoisotopic (exact) mass is 383 g/mol. The molecule has 1 atom stereocenters. The van der Waals surface area contributed by atoms with Gasteiger partial charge < -0.3 is 15.5 Å². The lowest BCUT2D eigenvalue weighted by Crippen LogP contribution is -2.53. The Morgan fingerprint density at radius 2 is 1.72 bits per heavy atom. The van der Waals surface area contributed by atoms with Gasteiger partial charge >= 0.3 is 0 Å². The summed E-state index contributed by atoms with van der Waals surface area (Å²) in [6, 6.07) is 13.2. The highest BCUT2D eigenvalue weighted by Gasteiger charge is 2.25. The van der Waals surface area contributed by atoms with E-state index in [1.165, 1.54) is 0 Å². The molecule has 25 heavy (non-hydrogen) atoms. The molecular formula is C17H23Cl2N5O. The number of amides is 1. The summed E-state index contributed by atoms with van der Waals surface area (Å²) in [6.07, 6.45) is 2.23. The molecule has 136 valence electrons. The van der Waals surface area contributed by atoms with Crippen LogP contribution in [0.25, 0.3) is 0 Å². The van der Waals surface area contributed by atoms with Crippen LogP contribution in [0.1, 0.15) is 5.56 Å². The van der Waals surface area contributed by atoms with Crippen molar-refractivity contribution in [3.8, 4) is 0 Å². The summed E-state index contributed by atoms with van der Waals surface area (Å²) in [5, 5.41) is 8.01. The molecule has 0 saturated carbocycles. The summed E-state index contributed by atoms with van der Waals surface area (Å²) in [4.78, 5) is 16.5. The molecule has 0 bridgehead atoms. The second kappa shape index (κ2) is 10.2. The number of hydrogen-bond donors (Lipinski definition) is 1. The third-order valence-corrected chi connectivity index (χ3v) is 4.09. The quantitative estimate of drug-likeness (QED) is 0.866. The largest absolute Gasteiger partial charge is 0.352 e. The SMILES string of the molecule is Cl.Cl.NC(Cc1ccccc1)C(=O)N1CCN(c2cccnn2)CC1. The molecule has 3 rings (SSSR count). The number of rotatable bonds is 4. The Bertz CT molecular complexity index is 636. The van der Waals surface area contributed by atoms with E-state index in [0.717, 1.165) is 24.5 Å². The summed E-state index contributed by atoms with van der Waals surface area (Å²) in [5.41, 5.74) is 7.19. The van der Waals surface area contributed by atoms with E-state index in [-0.39, 0.29) is 30.7 Å². The van der Waals surface area contributed by atoms with Crippen molar-refractivity contribution < 1.29 is 4.79 Å². The van der Waals surface area contributed by atoms with Crippen LogP contribution in [0.15, 0.2) is 48.7 Å². The third kappa shape index (κ3) is 5.56. The van der Waals surface area contributed by atoms with Gasteiger partial charge in [-0.1, -0.05) is 30.3 Å². The fraction of sp³-hybridized carbons (Fsp3) is 0.353. The van der Waals surface area contributed by atoms with Gasteiger partial charge in [-0.05, 0) is 24.1 Å². The molecular weight excluding hydrogens is 361 g/mol. The maximum absolute atomic E-state index is 12.5. The van der Waals surface area contributed by atoms with Crippen molar-refractivity contribution >= 4 is 36.5 Å². The molecule has 8 heteroatoms. The minimum Gasteiger partial charge on any atom is -0.352 e. The fourth-order valence-electron chi connectivity index (χ4n) is 2.81. The van der Waals surface area contributed by atoms with Crippen molar-refractivity contribution in [2.75, 3.05) is 31.1 Å². The van der Waals surface area contributed by atoms with Gasteiger partial charge in [0.15, 0.2) is 5.82 Å². The smallest absolute Gasteiger partial charge is 0.239 e. The van der Waals surface area contributed by atoms with Gasteiger partial charge in [-0.15, -0.1) is 29.9 Å². The van der Waals surface area contributed by atoms with Crippen molar-refractivity contribution in [3.05, 3.63) is 54.2 Å². The maximum Gasteiger partial charge on any atom is 0.239 e. The van der Waals surface area contributed by atoms with Crippen molar-refractivity contribution in [2.24, 2.45) is 5.73 Å². The normalized spacial score (nSPS) is 14.9. The van der Waals surface area contributed by atoms with Crippen molar-refractivity contribution in [1.82, 2.24) is 15.1 Å². The Morgan fingerprint density at radius 1 is 1.04 bits per heavy atom. The zero-order valence-corrected chi connectivity index (χ0v) is 15.5. The first kappa shape index (κ1) is 21.2. The van der Waals surface area contributed by atoms with Gasteiger partial charge in [0, 0.05) is 32.4 Å². The predicted octanol–water partition coefficient (Wildman–Crippen LogP) is 1.54. The van der Waals surface area contributed by atoms with Crippen LogP contribution < -0.4 is 10.6 Å². The van der Waals surface area contributed by atoms with Crippen molar-refractivity contribution in [1.29, 1.82) is 0 Å². The standard InChI is InChI=1S/C17H21N5O.2ClH/c18-15(13-14-5-2-1-3-6-14)17(23)22-11-9-21(10-12-22)16-7-4-8-19-20-16;;/h1-8,15H,9-13,18H2;2*1H. The van der Waals surface area contributed by atoms with Crippen LogP contribution in [0.3, 0.4) is 0 Å². The highest BCUT2D eigenvalue weighted by Crippen LogP contribution is 2.13. The number of nitrogens with zero attached hydrogens (tertiary/aromatic N) is 4. The number of aromatic nitrogens is 2. The number of hydrogen-bond acceptors (Lipinski definition) is 5. The first-order valence-electron chi connectivity index (χ1n) is 7.85. The molecule has 2 N–H and O–H groups in total. The average Bonchev–Trinajstić information content (AvgIpc) is 2.63. The van der Waals surface area contributed by atoms with E-state index in [9.17, 15) is 4.79 Å². The minimum absolute atomic E-state index is 0. The van der Waals surface area contributed by atoms with Gasteiger partial charge in [-0.25, -0.2) is 0 Å². The van der Waals surface area contributed by atoms with Crippen LogP contribution in [-0.4, -0.2) is 53.2 Å². The molecule has 2 heterocycles. The summed E-state index contributed by atoms with van der Waals surface area (Å²) in [7, 11) is 0. The molecule has 0 radical (unpaired) electrons. The summed E-state index contributed by atoms with van der Waals surface area (Å²) < 4.78 is 0. The molecule has 1 saturated heterocycles. The molecule has 1 aliphatic rings. The fourth-order valence-corrected chi connectivity index (χ4v) is 2.81. The number of anilines is 1. The second-order valence-electron chi connectivity index (χ2n) is 5.69. The van der Waals surface area contributed by atoms with E-state index in [1.54, 1.807) is 6.20 Å². The first-order chi connectivity index (χ1) is 11.2. The average molecular weight is 384 g/mol. The predicted molar refractivity (Wildman–Crippen MR) is 103 cm³/mol. The number of carbonyl (C=O) groups is 1. The van der Waals surface area contributed by atoms with E-state index < -0.39 is 6.04 Å². The Labute approximate surface area is 160 Å². The Balaban J connectivity index is 0.00000156. The lowest BCUT2D eigenvalue weighted by molar-refractivity contribution is -0.132. The van der Waals surface area contributed by atoms with Crippen LogP contribution in [0.2, 0.25) is 0 Å². The zero-order valence-electron chi connectivity index (χ0n) is 13.8. The summed E-state index contributed by atoms with van der Waals surface area (Å²) in [6.45, 7) is 2.83. The van der Waals surface area contributed by atoms with Crippen molar-refractivity contribution in [2.45, 2.75) is 12.5 Å². The van der Waals surface area contributed by atoms with Gasteiger partial charge in [-0.2, -0.15) is 5.10 Å². The lowest BCUT2D eigenvalue weighted by Gasteiger charge is -2.36. The van der Waals surface area contributed by atoms with E-state index >= 15 is 0 Å². The Hall–Kier alpha value is -1.89. The molecule has 0 aliphatic carbocycles. The molecule has 2 aromatic rings. The Kier molecular flexibility index (Phi) is 8.61. The summed E-state index contributed by atoms with van der Waals surface area (Å²) in [5.74, 6) is 0.876. The highest BCUT2D eigenvalue weighted by atomic mass is 35.5. The molecule has 1 amide bonds. The van der Waals surface area contributed by atoms with Crippen LogP contribution in [0.4, 0.5) is 5.82 Å². The molecule has 1 unspecified atom stereocenters. The molecule has 0 spiro atoms. The topological polar surface area (TPSA) is 75.4 Å². The number of benzene rings is 1. The van der Waals surface area contributed by atoms with E-state index in [0.29, 0.717) is 19.5 Å². The van der Waals surface area contributed by atoms with Gasteiger partial charge in [0.2, 0.25) is 5.91 Å². The van der Waals surface area contributed by atoms with Gasteiger partial charge in [0.1, 0.15) is 0 Å². The van der Waals surface area contributed by atoms with Crippen LogP contribution in [0, 0.1) is 0 Å². The second-order valence-corrected chi connectivity index (χ2v) is 5.69. The third-order valence-electron chi connectivity index (χ3n) is 4.09. The number of halogens is 2. The van der Waals surface area contributed by atoms with E-state index in [1.807, 2.05) is 47.4 Å². The summed E-state index contributed by atoms with van der Waals surface area (Å²) >= 11 is 0. The van der Waals surface area contributed by atoms with Crippen LogP contribution in [0.5, 0.6) is 0 Å². The number of nitrogens with two attached hydrogens (primary N) is 1. The first-order valence-corrected chi connectivity index (χ1v) is 7.85. The highest BCUT2D eigenvalue weighted by molar-refractivity contribution is 5.85. The molecule has 1 aromatic carbocycles. The zero-order chi connectivity index (χ0) is 16.1. The van der Waals surface area contributed by atoms with Crippen LogP contribution in [-0.2, 0) is 11.2 Å². The van der Waals surface area contributed by atoms with Gasteiger partial charge in [-0.3, -0.25) is 4.79 Å². The molecule has 1 aliphatic heterocycles. The van der Waals surface area contributed by atoms with Gasteiger partial charge in [0.25, 0.3) is 0 Å².